The molecule has 5 nitrogen and oxygen atoms in total. The molecule has 1 fully saturated rings. The Morgan fingerprint density at radius 3 is 3.00 bits per heavy atom. The van der Waals surface area contributed by atoms with E-state index in [1.807, 2.05) is 6.07 Å². The van der Waals surface area contributed by atoms with Gasteiger partial charge in [-0.15, -0.1) is 0 Å². The van der Waals surface area contributed by atoms with Gasteiger partial charge in [-0.2, -0.15) is 0 Å². The van der Waals surface area contributed by atoms with Crippen molar-refractivity contribution in [2.24, 2.45) is 5.92 Å². The molecule has 0 spiro atoms. The summed E-state index contributed by atoms with van der Waals surface area (Å²) in [6.45, 7) is 0.991. The number of nitrogens with one attached hydrogen (secondary N) is 1. The average Bonchev–Trinajstić information content (AvgIpc) is 2.52. The van der Waals surface area contributed by atoms with Gasteiger partial charge in [-0.25, -0.2) is 4.39 Å². The van der Waals surface area contributed by atoms with E-state index in [-0.39, 0.29) is 36.7 Å². The lowest BCUT2D eigenvalue weighted by Crippen LogP contribution is -2.46. The van der Waals surface area contributed by atoms with Gasteiger partial charge in [0.1, 0.15) is 5.82 Å². The normalized spacial score (nSPS) is 18.4. The third kappa shape index (κ3) is 4.53. The summed E-state index contributed by atoms with van der Waals surface area (Å²) in [5, 5.41) is 11.4. The minimum absolute atomic E-state index is 0.0302. The lowest BCUT2D eigenvalue weighted by Gasteiger charge is -2.32. The number of aliphatic hydroxyl groups excluding tert-OH is 1. The van der Waals surface area contributed by atoms with Crippen molar-refractivity contribution in [3.8, 4) is 0 Å². The largest absolute Gasteiger partial charge is 0.395 e. The highest BCUT2D eigenvalue weighted by atomic mass is 19.1. The van der Waals surface area contributed by atoms with E-state index in [2.05, 4.69) is 5.32 Å². The van der Waals surface area contributed by atoms with Crippen LogP contribution in [0.2, 0.25) is 0 Å². The second-order valence-electron chi connectivity index (χ2n) is 5.47. The summed E-state index contributed by atoms with van der Waals surface area (Å²) in [4.78, 5) is 25.5. The first-order chi connectivity index (χ1) is 10.6. The molecule has 0 bridgehead atoms. The maximum atomic E-state index is 13.1. The van der Waals surface area contributed by atoms with Gasteiger partial charge < -0.3 is 15.3 Å². The summed E-state index contributed by atoms with van der Waals surface area (Å²) < 4.78 is 13.1. The number of hydrogen-bond donors (Lipinski definition) is 2. The van der Waals surface area contributed by atoms with E-state index in [4.69, 9.17) is 5.11 Å². The fourth-order valence-electron chi connectivity index (χ4n) is 2.62. The van der Waals surface area contributed by atoms with Crippen LogP contribution in [0, 0.1) is 11.7 Å². The summed E-state index contributed by atoms with van der Waals surface area (Å²) in [6.07, 6.45) is 1.45. The fourth-order valence-corrected chi connectivity index (χ4v) is 2.62. The molecule has 120 valence electrons. The van der Waals surface area contributed by atoms with Gasteiger partial charge in [0.05, 0.1) is 12.5 Å². The van der Waals surface area contributed by atoms with Crippen LogP contribution in [0.3, 0.4) is 0 Å². The molecular formula is C16H21FN2O3. The lowest BCUT2D eigenvalue weighted by molar-refractivity contribution is -0.138. The molecule has 6 heteroatoms. The minimum atomic E-state index is -0.288. The second-order valence-corrected chi connectivity index (χ2v) is 5.47. The molecule has 1 aliphatic heterocycles. The molecule has 1 aromatic rings. The number of hydrogen-bond acceptors (Lipinski definition) is 3. The smallest absolute Gasteiger partial charge is 0.224 e. The molecule has 1 aromatic carbocycles. The number of amides is 2. The monoisotopic (exact) mass is 308 g/mol. The van der Waals surface area contributed by atoms with Crippen LogP contribution in [0.25, 0.3) is 0 Å². The van der Waals surface area contributed by atoms with Gasteiger partial charge in [0.2, 0.25) is 11.8 Å². The topological polar surface area (TPSA) is 69.6 Å². The first kappa shape index (κ1) is 16.4. The Balaban J connectivity index is 1.88. The molecule has 0 radical (unpaired) electrons. The Bertz CT molecular complexity index is 536. The van der Waals surface area contributed by atoms with Gasteiger partial charge in [0.25, 0.3) is 0 Å². The van der Waals surface area contributed by atoms with Crippen molar-refractivity contribution in [3.05, 3.63) is 35.6 Å². The third-order valence-corrected chi connectivity index (χ3v) is 3.84. The van der Waals surface area contributed by atoms with Crippen molar-refractivity contribution in [2.45, 2.75) is 19.3 Å². The van der Waals surface area contributed by atoms with Gasteiger partial charge in [-0.1, -0.05) is 12.1 Å². The van der Waals surface area contributed by atoms with E-state index in [9.17, 15) is 14.0 Å². The molecule has 2 amide bonds. The average molecular weight is 308 g/mol. The first-order valence-corrected chi connectivity index (χ1v) is 7.51. The summed E-state index contributed by atoms with van der Waals surface area (Å²) >= 11 is 0. The van der Waals surface area contributed by atoms with Crippen LogP contribution in [0.4, 0.5) is 4.39 Å². The van der Waals surface area contributed by atoms with Crippen LogP contribution in [0.15, 0.2) is 24.3 Å². The number of likely N-dealkylation sites (tertiary alicyclic amines) is 1. The number of carbonyl (C=O) groups is 2. The quantitative estimate of drug-likeness (QED) is 0.813. The Labute approximate surface area is 129 Å². The molecule has 1 aliphatic rings. The molecule has 0 aliphatic carbocycles. The Morgan fingerprint density at radius 2 is 2.27 bits per heavy atom. The molecule has 1 atom stereocenters. The number of aliphatic hydroxyl groups is 1. The molecule has 0 unspecified atom stereocenters. The summed E-state index contributed by atoms with van der Waals surface area (Å²) in [5.41, 5.74) is 0.833. The molecular weight excluding hydrogens is 287 g/mol. The van der Waals surface area contributed by atoms with Crippen LogP contribution in [-0.2, 0) is 16.0 Å². The molecule has 1 heterocycles. The van der Waals surface area contributed by atoms with Gasteiger partial charge >= 0.3 is 0 Å². The van der Waals surface area contributed by atoms with E-state index in [0.29, 0.717) is 32.4 Å². The summed E-state index contributed by atoms with van der Waals surface area (Å²) in [5.74, 6) is -0.625. The fraction of sp³-hybridized carbons (Fsp3) is 0.500. The predicted molar refractivity (Wildman–Crippen MR) is 79.5 cm³/mol. The zero-order valence-electron chi connectivity index (χ0n) is 12.4. The molecule has 1 saturated heterocycles. The van der Waals surface area contributed by atoms with E-state index in [1.165, 1.54) is 12.1 Å². The second kappa shape index (κ2) is 7.89. The van der Waals surface area contributed by atoms with Crippen molar-refractivity contribution in [1.29, 1.82) is 0 Å². The third-order valence-electron chi connectivity index (χ3n) is 3.84. The van der Waals surface area contributed by atoms with Gasteiger partial charge in [0, 0.05) is 26.1 Å². The number of piperidine rings is 1. The van der Waals surface area contributed by atoms with E-state index >= 15 is 0 Å². The van der Waals surface area contributed by atoms with Gasteiger partial charge in [0.15, 0.2) is 0 Å². The Morgan fingerprint density at radius 1 is 1.45 bits per heavy atom. The predicted octanol–water partition coefficient (Wildman–Crippen LogP) is 0.715. The molecule has 22 heavy (non-hydrogen) atoms. The molecule has 2 N–H and O–H groups in total. The zero-order chi connectivity index (χ0) is 15.9. The number of benzene rings is 1. The highest BCUT2D eigenvalue weighted by Crippen LogP contribution is 2.18. The zero-order valence-corrected chi connectivity index (χ0v) is 12.4. The number of carbonyl (C=O) groups excluding carboxylic acids is 2. The van der Waals surface area contributed by atoms with E-state index in [1.54, 1.807) is 11.0 Å². The van der Waals surface area contributed by atoms with E-state index in [0.717, 1.165) is 5.56 Å². The van der Waals surface area contributed by atoms with Crippen LogP contribution >= 0.6 is 0 Å². The van der Waals surface area contributed by atoms with Crippen LogP contribution in [0.5, 0.6) is 0 Å². The van der Waals surface area contributed by atoms with Gasteiger partial charge in [-0.05, 0) is 30.5 Å². The summed E-state index contributed by atoms with van der Waals surface area (Å²) in [6, 6.07) is 6.31. The van der Waals surface area contributed by atoms with Crippen molar-refractivity contribution in [3.63, 3.8) is 0 Å². The maximum Gasteiger partial charge on any atom is 0.224 e. The molecule has 2 rings (SSSR count). The highest BCUT2D eigenvalue weighted by Gasteiger charge is 2.29. The standard InChI is InChI=1S/C16H21FN2O3/c17-14-3-1-2-12(10-14)6-8-19-11-13(4-5-15(19)21)16(22)18-7-9-20/h1-3,10,13,20H,4-9,11H2,(H,18,22)/t13-/m1/s1. The van der Waals surface area contributed by atoms with Gasteiger partial charge in [-0.3, -0.25) is 9.59 Å². The maximum absolute atomic E-state index is 13.1. The number of halogens is 1. The number of rotatable bonds is 6. The summed E-state index contributed by atoms with van der Waals surface area (Å²) in [7, 11) is 0. The van der Waals surface area contributed by atoms with Crippen LogP contribution in [0.1, 0.15) is 18.4 Å². The van der Waals surface area contributed by atoms with Crippen LogP contribution < -0.4 is 5.32 Å². The van der Waals surface area contributed by atoms with Crippen molar-refractivity contribution < 1.29 is 19.1 Å². The number of nitrogens with zero attached hydrogens (tertiary/aromatic N) is 1. The molecule has 0 saturated carbocycles. The Kier molecular flexibility index (Phi) is 5.89. The Hall–Kier alpha value is -1.95. The minimum Gasteiger partial charge on any atom is -0.395 e. The highest BCUT2D eigenvalue weighted by molar-refractivity contribution is 5.83. The lowest BCUT2D eigenvalue weighted by atomic mass is 9.96. The van der Waals surface area contributed by atoms with Crippen molar-refractivity contribution >= 4 is 11.8 Å². The van der Waals surface area contributed by atoms with Crippen LogP contribution in [-0.4, -0.2) is 48.1 Å². The van der Waals surface area contributed by atoms with Crippen molar-refractivity contribution in [1.82, 2.24) is 10.2 Å². The first-order valence-electron chi connectivity index (χ1n) is 7.51. The SMILES string of the molecule is O=C(NCCO)[C@@H]1CCC(=O)N(CCc2cccc(F)c2)C1. The van der Waals surface area contributed by atoms with Crippen molar-refractivity contribution in [2.75, 3.05) is 26.2 Å². The van der Waals surface area contributed by atoms with E-state index < -0.39 is 0 Å². The molecule has 0 aromatic heterocycles.